The minimum atomic E-state index is -0.578. The number of nitro groups is 1. The minimum absolute atomic E-state index is 0.00311. The van der Waals surface area contributed by atoms with Gasteiger partial charge in [0, 0.05) is 21.7 Å². The SMILES string of the molecule is Cc1cc(C2=N/C(=C\c3ccc(OCc4cccc(Br)c4)cc3)C(=O)O2)ccc1[N+](=O)[O-]. The smallest absolute Gasteiger partial charge is 0.363 e. The van der Waals surface area contributed by atoms with Crippen LogP contribution in [0, 0.1) is 17.0 Å². The van der Waals surface area contributed by atoms with Crippen LogP contribution < -0.4 is 4.74 Å². The Bertz CT molecular complexity index is 1270. The maximum atomic E-state index is 12.2. The van der Waals surface area contributed by atoms with E-state index in [1.807, 2.05) is 48.5 Å². The second kappa shape index (κ2) is 9.15. The van der Waals surface area contributed by atoms with Crippen molar-refractivity contribution in [1.82, 2.24) is 0 Å². The highest BCUT2D eigenvalue weighted by Crippen LogP contribution is 2.24. The molecule has 0 radical (unpaired) electrons. The highest BCUT2D eigenvalue weighted by molar-refractivity contribution is 9.10. The number of carbonyl (C=O) groups excluding carboxylic acids is 1. The third kappa shape index (κ3) is 4.92. The number of benzene rings is 3. The molecule has 0 aromatic heterocycles. The number of nitrogens with zero attached hydrogens (tertiary/aromatic N) is 2. The second-order valence-electron chi connectivity index (χ2n) is 7.08. The molecular weight excluding hydrogens is 476 g/mol. The summed E-state index contributed by atoms with van der Waals surface area (Å²) in [7, 11) is 0. The van der Waals surface area contributed by atoms with Gasteiger partial charge in [-0.3, -0.25) is 10.1 Å². The summed E-state index contributed by atoms with van der Waals surface area (Å²) >= 11 is 3.44. The van der Waals surface area contributed by atoms with E-state index in [0.717, 1.165) is 15.6 Å². The van der Waals surface area contributed by atoms with Gasteiger partial charge in [-0.2, -0.15) is 0 Å². The molecule has 7 nitrogen and oxygen atoms in total. The monoisotopic (exact) mass is 492 g/mol. The fourth-order valence-corrected chi connectivity index (χ4v) is 3.58. The van der Waals surface area contributed by atoms with Gasteiger partial charge in [0.05, 0.1) is 4.92 Å². The highest BCUT2D eigenvalue weighted by Gasteiger charge is 2.25. The molecule has 1 heterocycles. The fraction of sp³-hybridized carbons (Fsp3) is 0.0833. The maximum Gasteiger partial charge on any atom is 0.363 e. The van der Waals surface area contributed by atoms with Crippen molar-refractivity contribution in [2.24, 2.45) is 4.99 Å². The second-order valence-corrected chi connectivity index (χ2v) is 8.00. The molecule has 0 saturated carbocycles. The molecule has 1 aliphatic heterocycles. The molecule has 3 aromatic carbocycles. The molecule has 0 bridgehead atoms. The number of halogens is 1. The molecule has 0 spiro atoms. The first kappa shape index (κ1) is 21.5. The molecule has 0 amide bonds. The molecule has 8 heteroatoms. The molecule has 0 saturated heterocycles. The first-order valence-electron chi connectivity index (χ1n) is 9.64. The van der Waals surface area contributed by atoms with Crippen LogP contribution in [0.4, 0.5) is 5.69 Å². The molecule has 0 fully saturated rings. The van der Waals surface area contributed by atoms with Crippen LogP contribution in [0.5, 0.6) is 5.75 Å². The zero-order valence-corrected chi connectivity index (χ0v) is 18.5. The summed E-state index contributed by atoms with van der Waals surface area (Å²) < 4.78 is 12.0. The van der Waals surface area contributed by atoms with Gasteiger partial charge < -0.3 is 9.47 Å². The van der Waals surface area contributed by atoms with E-state index in [1.165, 1.54) is 12.1 Å². The highest BCUT2D eigenvalue weighted by atomic mass is 79.9. The van der Waals surface area contributed by atoms with Crippen LogP contribution in [-0.2, 0) is 16.1 Å². The van der Waals surface area contributed by atoms with Gasteiger partial charge in [-0.25, -0.2) is 9.79 Å². The van der Waals surface area contributed by atoms with Crippen LogP contribution in [0.2, 0.25) is 0 Å². The number of hydrogen-bond donors (Lipinski definition) is 0. The molecular formula is C24H17BrN2O5. The van der Waals surface area contributed by atoms with Crippen molar-refractivity contribution in [2.45, 2.75) is 13.5 Å². The summed E-state index contributed by atoms with van der Waals surface area (Å²) in [5, 5.41) is 11.0. The van der Waals surface area contributed by atoms with Gasteiger partial charge in [-0.15, -0.1) is 0 Å². The average Bonchev–Trinajstić information content (AvgIpc) is 3.13. The Labute approximate surface area is 192 Å². The van der Waals surface area contributed by atoms with Gasteiger partial charge in [0.2, 0.25) is 5.90 Å². The Kier molecular flexibility index (Phi) is 6.13. The third-order valence-electron chi connectivity index (χ3n) is 4.74. The van der Waals surface area contributed by atoms with Crippen LogP contribution in [0.3, 0.4) is 0 Å². The predicted molar refractivity (Wildman–Crippen MR) is 123 cm³/mol. The number of ether oxygens (including phenoxy) is 2. The molecule has 160 valence electrons. The third-order valence-corrected chi connectivity index (χ3v) is 5.23. The summed E-state index contributed by atoms with van der Waals surface area (Å²) in [6, 6.07) is 19.6. The van der Waals surface area contributed by atoms with E-state index in [0.29, 0.717) is 23.5 Å². The summed E-state index contributed by atoms with van der Waals surface area (Å²) in [5.74, 6) is 0.242. The number of aliphatic imine (C=N–C) groups is 1. The molecule has 32 heavy (non-hydrogen) atoms. The molecule has 0 N–H and O–H groups in total. The van der Waals surface area contributed by atoms with Gasteiger partial charge in [0.1, 0.15) is 12.4 Å². The molecule has 0 aliphatic carbocycles. The number of hydrogen-bond acceptors (Lipinski definition) is 6. The van der Waals surface area contributed by atoms with E-state index in [4.69, 9.17) is 9.47 Å². The first-order chi connectivity index (χ1) is 15.4. The topological polar surface area (TPSA) is 91.0 Å². The quantitative estimate of drug-likeness (QED) is 0.193. The lowest BCUT2D eigenvalue weighted by Gasteiger charge is -2.07. The van der Waals surface area contributed by atoms with Crippen LogP contribution in [-0.4, -0.2) is 16.8 Å². The molecule has 0 atom stereocenters. The van der Waals surface area contributed by atoms with Crippen molar-refractivity contribution in [3.63, 3.8) is 0 Å². The van der Waals surface area contributed by atoms with Crippen LogP contribution in [0.15, 0.2) is 81.9 Å². The fourth-order valence-electron chi connectivity index (χ4n) is 3.14. The summed E-state index contributed by atoms with van der Waals surface area (Å²) in [4.78, 5) is 27.0. The molecule has 0 unspecified atom stereocenters. The van der Waals surface area contributed by atoms with E-state index in [-0.39, 0.29) is 17.3 Å². The largest absolute Gasteiger partial charge is 0.489 e. The zero-order valence-electron chi connectivity index (χ0n) is 16.9. The van der Waals surface area contributed by atoms with Gasteiger partial charge in [0.15, 0.2) is 5.70 Å². The average molecular weight is 493 g/mol. The lowest BCUT2D eigenvalue weighted by atomic mass is 10.1. The van der Waals surface area contributed by atoms with Crippen LogP contribution in [0.25, 0.3) is 6.08 Å². The van der Waals surface area contributed by atoms with Crippen molar-refractivity contribution in [2.75, 3.05) is 0 Å². The molecule has 3 aromatic rings. The Morgan fingerprint density at radius 2 is 1.91 bits per heavy atom. The van der Waals surface area contributed by atoms with Crippen LogP contribution in [0.1, 0.15) is 22.3 Å². The Balaban J connectivity index is 1.47. The number of carbonyl (C=O) groups is 1. The standard InChI is InChI=1S/C24H17BrN2O5/c1-15-11-18(7-10-22(15)27(29)30)23-26-21(24(28)32-23)13-16-5-8-20(9-6-16)31-14-17-3-2-4-19(25)12-17/h2-13H,14H2,1H3/b21-13-. The van der Waals surface area contributed by atoms with E-state index in [1.54, 1.807) is 19.1 Å². The summed E-state index contributed by atoms with van der Waals surface area (Å²) in [5.41, 5.74) is 2.91. The predicted octanol–water partition coefficient (Wildman–Crippen LogP) is 5.59. The lowest BCUT2D eigenvalue weighted by molar-refractivity contribution is -0.385. The van der Waals surface area contributed by atoms with E-state index >= 15 is 0 Å². The number of cyclic esters (lactones) is 1. The van der Waals surface area contributed by atoms with Crippen molar-refractivity contribution >= 4 is 39.6 Å². The van der Waals surface area contributed by atoms with Crippen molar-refractivity contribution in [3.05, 3.63) is 109 Å². The Hall–Kier alpha value is -3.78. The number of nitro benzene ring substituents is 1. The molecule has 1 aliphatic rings. The summed E-state index contributed by atoms with van der Waals surface area (Å²) in [6.45, 7) is 2.06. The minimum Gasteiger partial charge on any atom is -0.489 e. The maximum absolute atomic E-state index is 12.2. The zero-order chi connectivity index (χ0) is 22.7. The van der Waals surface area contributed by atoms with Crippen molar-refractivity contribution in [1.29, 1.82) is 0 Å². The number of esters is 1. The van der Waals surface area contributed by atoms with E-state index in [9.17, 15) is 14.9 Å². The summed E-state index contributed by atoms with van der Waals surface area (Å²) in [6.07, 6.45) is 1.62. The molecule has 4 rings (SSSR count). The van der Waals surface area contributed by atoms with Crippen LogP contribution >= 0.6 is 15.9 Å². The first-order valence-corrected chi connectivity index (χ1v) is 10.4. The van der Waals surface area contributed by atoms with Gasteiger partial charge in [-0.1, -0.05) is 40.2 Å². The van der Waals surface area contributed by atoms with Gasteiger partial charge >= 0.3 is 5.97 Å². The van der Waals surface area contributed by atoms with E-state index in [2.05, 4.69) is 20.9 Å². The van der Waals surface area contributed by atoms with Gasteiger partial charge in [-0.05, 0) is 60.5 Å². The normalized spacial score (nSPS) is 14.2. The van der Waals surface area contributed by atoms with E-state index < -0.39 is 10.9 Å². The Morgan fingerprint density at radius 3 is 2.59 bits per heavy atom. The van der Waals surface area contributed by atoms with Gasteiger partial charge in [0.25, 0.3) is 5.69 Å². The van der Waals surface area contributed by atoms with Crippen molar-refractivity contribution in [3.8, 4) is 5.75 Å². The lowest BCUT2D eigenvalue weighted by Crippen LogP contribution is -2.06. The number of rotatable bonds is 6. The van der Waals surface area contributed by atoms with Crippen molar-refractivity contribution < 1.29 is 19.2 Å². The number of aryl methyl sites for hydroxylation is 1. The Morgan fingerprint density at radius 1 is 1.12 bits per heavy atom.